The molecule has 0 spiro atoms. The molecule has 0 saturated carbocycles. The molecular formula is C8H8F4N2. The number of aromatic amines is 1. The van der Waals surface area contributed by atoms with Crippen molar-refractivity contribution in [2.75, 3.05) is 0 Å². The van der Waals surface area contributed by atoms with Crippen molar-refractivity contribution in [3.63, 3.8) is 0 Å². The number of hydrogen-bond donors (Lipinski definition) is 1. The average Bonchev–Trinajstić information content (AvgIpc) is 2.55. The summed E-state index contributed by atoms with van der Waals surface area (Å²) in [6, 6.07) is 0. The smallest absolute Gasteiger partial charge is 0.276 e. The molecule has 1 heterocycles. The number of H-pyrrole nitrogens is 1. The fraction of sp³-hybridized carbons (Fsp3) is 0.625. The number of fused-ring (bicyclic) bond motifs is 1. The summed E-state index contributed by atoms with van der Waals surface area (Å²) in [5.74, 6) is -4.04. The normalized spacial score (nSPS) is 24.3. The first kappa shape index (κ1) is 9.48. The van der Waals surface area contributed by atoms with Gasteiger partial charge in [-0.15, -0.1) is 0 Å². The van der Waals surface area contributed by atoms with Crippen molar-refractivity contribution in [1.82, 2.24) is 10.2 Å². The second kappa shape index (κ2) is 2.71. The Labute approximate surface area is 77.3 Å². The van der Waals surface area contributed by atoms with E-state index >= 15 is 0 Å². The van der Waals surface area contributed by atoms with E-state index in [1.54, 1.807) is 0 Å². The van der Waals surface area contributed by atoms with E-state index in [9.17, 15) is 17.6 Å². The first-order valence-corrected chi connectivity index (χ1v) is 4.18. The summed E-state index contributed by atoms with van der Waals surface area (Å²) in [5.41, 5.74) is -0.998. The van der Waals surface area contributed by atoms with Gasteiger partial charge in [0.1, 0.15) is 11.4 Å². The highest BCUT2D eigenvalue weighted by molar-refractivity contribution is 5.35. The maximum Gasteiger partial charge on any atom is 0.294 e. The molecule has 1 N–H and O–H groups in total. The van der Waals surface area contributed by atoms with Crippen LogP contribution in [0.2, 0.25) is 0 Å². The predicted octanol–water partition coefficient (Wildman–Crippen LogP) is 2.63. The van der Waals surface area contributed by atoms with E-state index in [2.05, 4.69) is 5.10 Å². The average molecular weight is 208 g/mol. The van der Waals surface area contributed by atoms with Crippen molar-refractivity contribution in [2.45, 2.75) is 25.7 Å². The molecule has 1 unspecified atom stereocenters. The van der Waals surface area contributed by atoms with E-state index in [1.807, 2.05) is 5.10 Å². The molecule has 1 aromatic rings. The zero-order valence-electron chi connectivity index (χ0n) is 7.32. The highest BCUT2D eigenvalue weighted by atomic mass is 19.3. The van der Waals surface area contributed by atoms with Crippen molar-refractivity contribution in [3.05, 3.63) is 17.0 Å². The molecule has 0 saturated heterocycles. The van der Waals surface area contributed by atoms with Gasteiger partial charge < -0.3 is 0 Å². The zero-order valence-corrected chi connectivity index (χ0v) is 7.32. The van der Waals surface area contributed by atoms with Crippen LogP contribution in [0.25, 0.3) is 0 Å². The summed E-state index contributed by atoms with van der Waals surface area (Å²) in [7, 11) is 0. The van der Waals surface area contributed by atoms with E-state index in [0.717, 1.165) is 0 Å². The van der Waals surface area contributed by atoms with E-state index in [4.69, 9.17) is 0 Å². The minimum Gasteiger partial charge on any atom is -0.276 e. The first-order valence-electron chi connectivity index (χ1n) is 4.18. The summed E-state index contributed by atoms with van der Waals surface area (Å²) >= 11 is 0. The van der Waals surface area contributed by atoms with Crippen LogP contribution >= 0.6 is 0 Å². The molecule has 0 aromatic carbocycles. The highest BCUT2D eigenvalue weighted by Gasteiger charge is 2.50. The van der Waals surface area contributed by atoms with Crippen LogP contribution in [-0.4, -0.2) is 10.2 Å². The molecule has 0 radical (unpaired) electrons. The van der Waals surface area contributed by atoms with Crippen molar-refractivity contribution in [3.8, 4) is 0 Å². The SMILES string of the molecule is CC1Cc2c(n[nH]c2C(F)F)C1(F)F. The lowest BCUT2D eigenvalue weighted by Crippen LogP contribution is -2.18. The third kappa shape index (κ3) is 1.06. The molecule has 14 heavy (non-hydrogen) atoms. The number of halogens is 4. The Kier molecular flexibility index (Phi) is 1.84. The number of alkyl halides is 4. The van der Waals surface area contributed by atoms with Gasteiger partial charge in [-0.1, -0.05) is 6.92 Å². The van der Waals surface area contributed by atoms with E-state index < -0.39 is 29.7 Å². The van der Waals surface area contributed by atoms with Crippen LogP contribution in [0.1, 0.15) is 30.3 Å². The van der Waals surface area contributed by atoms with Crippen molar-refractivity contribution >= 4 is 0 Å². The highest BCUT2D eigenvalue weighted by Crippen LogP contribution is 2.46. The molecule has 78 valence electrons. The van der Waals surface area contributed by atoms with Gasteiger partial charge in [-0.3, -0.25) is 5.10 Å². The molecule has 2 rings (SSSR count). The Morgan fingerprint density at radius 1 is 1.50 bits per heavy atom. The second-order valence-electron chi connectivity index (χ2n) is 3.49. The number of rotatable bonds is 1. The van der Waals surface area contributed by atoms with E-state index in [0.29, 0.717) is 0 Å². The summed E-state index contributed by atoms with van der Waals surface area (Å²) in [6.45, 7) is 1.33. The van der Waals surface area contributed by atoms with Crippen LogP contribution in [0.15, 0.2) is 0 Å². The van der Waals surface area contributed by atoms with Crippen LogP contribution in [0.5, 0.6) is 0 Å². The molecule has 0 aliphatic heterocycles. The Balaban J connectivity index is 2.50. The first-order chi connectivity index (χ1) is 6.44. The van der Waals surface area contributed by atoms with Crippen molar-refractivity contribution in [1.29, 1.82) is 0 Å². The molecule has 1 aliphatic rings. The maximum absolute atomic E-state index is 13.3. The van der Waals surface area contributed by atoms with Gasteiger partial charge in [0.15, 0.2) is 0 Å². The summed E-state index contributed by atoms with van der Waals surface area (Å²) < 4.78 is 51.2. The number of nitrogens with one attached hydrogen (secondary N) is 1. The maximum atomic E-state index is 13.3. The van der Waals surface area contributed by atoms with Gasteiger partial charge in [0, 0.05) is 11.5 Å². The van der Waals surface area contributed by atoms with Crippen LogP contribution < -0.4 is 0 Å². The summed E-state index contributed by atoms with van der Waals surface area (Å²) in [6.07, 6.45) is -2.81. The topological polar surface area (TPSA) is 28.7 Å². The summed E-state index contributed by atoms with van der Waals surface area (Å²) in [4.78, 5) is 0. The van der Waals surface area contributed by atoms with Crippen LogP contribution in [-0.2, 0) is 12.3 Å². The van der Waals surface area contributed by atoms with E-state index in [-0.39, 0.29) is 12.0 Å². The predicted molar refractivity (Wildman–Crippen MR) is 40.3 cm³/mol. The van der Waals surface area contributed by atoms with Crippen LogP contribution in [0.4, 0.5) is 17.6 Å². The standard InChI is InChI=1S/C8H8F4N2/c1-3-2-4-5(7(9)10)13-14-6(4)8(3,11)12/h3,7H,2H2,1H3,(H,13,14). The molecule has 0 bridgehead atoms. The molecule has 1 aliphatic carbocycles. The van der Waals surface area contributed by atoms with Gasteiger partial charge in [-0.2, -0.15) is 13.9 Å². The second-order valence-corrected chi connectivity index (χ2v) is 3.49. The van der Waals surface area contributed by atoms with Crippen LogP contribution in [0, 0.1) is 5.92 Å². The summed E-state index contributed by atoms with van der Waals surface area (Å²) in [5, 5.41) is 5.24. The Hall–Kier alpha value is -1.07. The van der Waals surface area contributed by atoms with Crippen LogP contribution in [0.3, 0.4) is 0 Å². The van der Waals surface area contributed by atoms with Gasteiger partial charge in [-0.25, -0.2) is 8.78 Å². The molecule has 0 amide bonds. The largest absolute Gasteiger partial charge is 0.294 e. The number of hydrogen-bond acceptors (Lipinski definition) is 1. The lowest BCUT2D eigenvalue weighted by Gasteiger charge is -2.13. The number of aromatic nitrogens is 2. The Morgan fingerprint density at radius 3 is 2.71 bits per heavy atom. The lowest BCUT2D eigenvalue weighted by atomic mass is 10.1. The molecule has 2 nitrogen and oxygen atoms in total. The van der Waals surface area contributed by atoms with Gasteiger partial charge in [0.25, 0.3) is 12.3 Å². The van der Waals surface area contributed by atoms with Gasteiger partial charge in [0.05, 0.1) is 0 Å². The fourth-order valence-corrected chi connectivity index (χ4v) is 1.71. The molecule has 1 atom stereocenters. The third-order valence-corrected chi connectivity index (χ3v) is 2.56. The van der Waals surface area contributed by atoms with Gasteiger partial charge >= 0.3 is 0 Å². The fourth-order valence-electron chi connectivity index (χ4n) is 1.71. The molecule has 6 heteroatoms. The van der Waals surface area contributed by atoms with Crippen molar-refractivity contribution in [2.24, 2.45) is 5.92 Å². The quantitative estimate of drug-likeness (QED) is 0.706. The number of nitrogens with zero attached hydrogens (tertiary/aromatic N) is 1. The Morgan fingerprint density at radius 2 is 2.14 bits per heavy atom. The van der Waals surface area contributed by atoms with Gasteiger partial charge in [0.2, 0.25) is 0 Å². The molecule has 1 aromatic heterocycles. The lowest BCUT2D eigenvalue weighted by molar-refractivity contribution is -0.0493. The molecular weight excluding hydrogens is 200 g/mol. The van der Waals surface area contributed by atoms with Crippen molar-refractivity contribution < 1.29 is 17.6 Å². The van der Waals surface area contributed by atoms with Gasteiger partial charge in [-0.05, 0) is 6.42 Å². The minimum absolute atomic E-state index is 0.0162. The zero-order chi connectivity index (χ0) is 10.5. The monoisotopic (exact) mass is 208 g/mol. The Bertz CT molecular complexity index is 358. The van der Waals surface area contributed by atoms with E-state index in [1.165, 1.54) is 6.92 Å². The minimum atomic E-state index is -3.08. The molecule has 0 fully saturated rings. The third-order valence-electron chi connectivity index (χ3n) is 2.56.